The Balaban J connectivity index is 2.18. The first kappa shape index (κ1) is 14.4. The van der Waals surface area contributed by atoms with Crippen LogP contribution in [-0.2, 0) is 0 Å². The van der Waals surface area contributed by atoms with Crippen LogP contribution in [0.4, 0.5) is 4.39 Å². The molecule has 1 aliphatic heterocycles. The summed E-state index contributed by atoms with van der Waals surface area (Å²) in [5, 5.41) is 0. The molecule has 1 aliphatic rings. The quantitative estimate of drug-likeness (QED) is 0.905. The molecular formula is C15H24FN3. The van der Waals surface area contributed by atoms with Gasteiger partial charge in [0.2, 0.25) is 0 Å². The van der Waals surface area contributed by atoms with Crippen LogP contribution in [0.5, 0.6) is 0 Å². The minimum atomic E-state index is -0.189. The van der Waals surface area contributed by atoms with E-state index in [2.05, 4.69) is 30.7 Å². The van der Waals surface area contributed by atoms with Crippen molar-refractivity contribution in [2.75, 3.05) is 26.7 Å². The SMILES string of the molecule is CC1CN(C(CN)c2cccc(F)c2)CC(C)N1C. The first-order chi connectivity index (χ1) is 9.02. The lowest BCUT2D eigenvalue weighted by Gasteiger charge is -2.45. The molecule has 0 radical (unpaired) electrons. The molecule has 19 heavy (non-hydrogen) atoms. The van der Waals surface area contributed by atoms with Crippen LogP contribution in [0.3, 0.4) is 0 Å². The number of halogens is 1. The number of hydrogen-bond donors (Lipinski definition) is 1. The van der Waals surface area contributed by atoms with Crippen molar-refractivity contribution in [3.8, 4) is 0 Å². The van der Waals surface area contributed by atoms with E-state index >= 15 is 0 Å². The van der Waals surface area contributed by atoms with Crippen LogP contribution >= 0.6 is 0 Å². The highest BCUT2D eigenvalue weighted by atomic mass is 19.1. The highest BCUT2D eigenvalue weighted by Gasteiger charge is 2.30. The number of piperazine rings is 1. The predicted molar refractivity (Wildman–Crippen MR) is 76.5 cm³/mol. The summed E-state index contributed by atoms with van der Waals surface area (Å²) in [5.41, 5.74) is 6.91. The monoisotopic (exact) mass is 265 g/mol. The Bertz CT molecular complexity index is 412. The zero-order valence-corrected chi connectivity index (χ0v) is 12.0. The molecular weight excluding hydrogens is 241 g/mol. The van der Waals surface area contributed by atoms with Gasteiger partial charge in [0.15, 0.2) is 0 Å². The van der Waals surface area contributed by atoms with Crippen LogP contribution in [0.15, 0.2) is 24.3 Å². The van der Waals surface area contributed by atoms with E-state index in [1.165, 1.54) is 6.07 Å². The molecule has 1 fully saturated rings. The minimum Gasteiger partial charge on any atom is -0.329 e. The Morgan fingerprint density at radius 1 is 1.32 bits per heavy atom. The Morgan fingerprint density at radius 3 is 2.47 bits per heavy atom. The summed E-state index contributed by atoms with van der Waals surface area (Å²) in [6.07, 6.45) is 0. The van der Waals surface area contributed by atoms with Gasteiger partial charge in [-0.2, -0.15) is 0 Å². The van der Waals surface area contributed by atoms with E-state index in [0.717, 1.165) is 18.7 Å². The van der Waals surface area contributed by atoms with Gasteiger partial charge in [0.25, 0.3) is 0 Å². The van der Waals surface area contributed by atoms with Crippen LogP contribution < -0.4 is 5.73 Å². The van der Waals surface area contributed by atoms with E-state index in [4.69, 9.17) is 5.73 Å². The molecule has 3 atom stereocenters. The molecule has 4 heteroatoms. The van der Waals surface area contributed by atoms with E-state index in [1.54, 1.807) is 12.1 Å². The van der Waals surface area contributed by atoms with Gasteiger partial charge in [-0.05, 0) is 38.6 Å². The third kappa shape index (κ3) is 3.14. The lowest BCUT2D eigenvalue weighted by atomic mass is 10.0. The summed E-state index contributed by atoms with van der Waals surface area (Å²) in [7, 11) is 2.16. The van der Waals surface area contributed by atoms with Crippen molar-refractivity contribution >= 4 is 0 Å². The van der Waals surface area contributed by atoms with Crippen LogP contribution in [0, 0.1) is 5.82 Å². The molecule has 0 amide bonds. The fourth-order valence-corrected chi connectivity index (χ4v) is 2.91. The van der Waals surface area contributed by atoms with Crippen molar-refractivity contribution in [1.29, 1.82) is 0 Å². The standard InChI is InChI=1S/C15H24FN3/c1-11-9-19(10-12(2)18(11)3)15(8-17)13-5-4-6-14(16)7-13/h4-7,11-12,15H,8-10,17H2,1-3H3. The lowest BCUT2D eigenvalue weighted by Crippen LogP contribution is -2.56. The summed E-state index contributed by atoms with van der Waals surface area (Å²) in [6, 6.07) is 7.90. The van der Waals surface area contributed by atoms with Gasteiger partial charge >= 0.3 is 0 Å². The van der Waals surface area contributed by atoms with E-state index < -0.39 is 0 Å². The second kappa shape index (κ2) is 5.99. The van der Waals surface area contributed by atoms with Crippen LogP contribution in [0.2, 0.25) is 0 Å². The largest absolute Gasteiger partial charge is 0.329 e. The summed E-state index contributed by atoms with van der Waals surface area (Å²) in [4.78, 5) is 4.76. The third-order valence-corrected chi connectivity index (χ3v) is 4.29. The van der Waals surface area contributed by atoms with Crippen molar-refractivity contribution in [1.82, 2.24) is 9.80 Å². The summed E-state index contributed by atoms with van der Waals surface area (Å²) < 4.78 is 13.4. The van der Waals surface area contributed by atoms with Gasteiger partial charge in [0.05, 0.1) is 0 Å². The van der Waals surface area contributed by atoms with E-state index in [0.29, 0.717) is 18.6 Å². The molecule has 0 saturated carbocycles. The number of nitrogens with zero attached hydrogens (tertiary/aromatic N) is 2. The van der Waals surface area contributed by atoms with Gasteiger partial charge in [-0.1, -0.05) is 12.1 Å². The zero-order valence-electron chi connectivity index (χ0n) is 12.0. The number of nitrogens with two attached hydrogens (primary N) is 1. The maximum absolute atomic E-state index is 13.4. The van der Waals surface area contributed by atoms with Crippen molar-refractivity contribution in [2.24, 2.45) is 5.73 Å². The zero-order chi connectivity index (χ0) is 14.0. The third-order valence-electron chi connectivity index (χ3n) is 4.29. The molecule has 0 spiro atoms. The molecule has 0 bridgehead atoms. The van der Waals surface area contributed by atoms with Crippen molar-refractivity contribution in [3.05, 3.63) is 35.6 Å². The lowest BCUT2D eigenvalue weighted by molar-refractivity contribution is 0.0351. The second-order valence-corrected chi connectivity index (χ2v) is 5.62. The van der Waals surface area contributed by atoms with E-state index in [9.17, 15) is 4.39 Å². The average Bonchev–Trinajstić information content (AvgIpc) is 2.37. The van der Waals surface area contributed by atoms with Crippen LogP contribution in [0.1, 0.15) is 25.5 Å². The number of benzene rings is 1. The normalized spacial score (nSPS) is 27.4. The first-order valence-corrected chi connectivity index (χ1v) is 6.94. The van der Waals surface area contributed by atoms with Crippen molar-refractivity contribution < 1.29 is 4.39 Å². The number of hydrogen-bond acceptors (Lipinski definition) is 3. The fourth-order valence-electron chi connectivity index (χ4n) is 2.91. The molecule has 2 rings (SSSR count). The van der Waals surface area contributed by atoms with Crippen molar-refractivity contribution in [3.63, 3.8) is 0 Å². The second-order valence-electron chi connectivity index (χ2n) is 5.62. The molecule has 2 N–H and O–H groups in total. The Morgan fingerprint density at radius 2 is 1.95 bits per heavy atom. The summed E-state index contributed by atoms with van der Waals surface area (Å²) in [6.45, 7) is 6.91. The molecule has 0 aromatic heterocycles. The Labute approximate surface area is 115 Å². The van der Waals surface area contributed by atoms with Crippen molar-refractivity contribution in [2.45, 2.75) is 32.0 Å². The van der Waals surface area contributed by atoms with Crippen LogP contribution in [0.25, 0.3) is 0 Å². The molecule has 3 unspecified atom stereocenters. The Hall–Kier alpha value is -0.970. The van der Waals surface area contributed by atoms with Gasteiger partial charge in [-0.3, -0.25) is 9.80 Å². The number of likely N-dealkylation sites (N-methyl/N-ethyl adjacent to an activating group) is 1. The van der Waals surface area contributed by atoms with Gasteiger partial charge in [-0.25, -0.2) is 4.39 Å². The summed E-state index contributed by atoms with van der Waals surface area (Å²) >= 11 is 0. The molecule has 1 aromatic carbocycles. The minimum absolute atomic E-state index is 0.106. The highest BCUT2D eigenvalue weighted by Crippen LogP contribution is 2.25. The molecule has 106 valence electrons. The molecule has 3 nitrogen and oxygen atoms in total. The maximum atomic E-state index is 13.4. The van der Waals surface area contributed by atoms with E-state index in [1.807, 2.05) is 6.07 Å². The smallest absolute Gasteiger partial charge is 0.123 e. The fraction of sp³-hybridized carbons (Fsp3) is 0.600. The average molecular weight is 265 g/mol. The van der Waals surface area contributed by atoms with Crippen LogP contribution in [-0.4, -0.2) is 48.6 Å². The maximum Gasteiger partial charge on any atom is 0.123 e. The molecule has 1 aromatic rings. The van der Waals surface area contributed by atoms with Gasteiger partial charge < -0.3 is 5.73 Å². The predicted octanol–water partition coefficient (Wildman–Crippen LogP) is 1.85. The van der Waals surface area contributed by atoms with Gasteiger partial charge in [0, 0.05) is 37.8 Å². The highest BCUT2D eigenvalue weighted by molar-refractivity contribution is 5.21. The van der Waals surface area contributed by atoms with E-state index in [-0.39, 0.29) is 11.9 Å². The van der Waals surface area contributed by atoms with Gasteiger partial charge in [-0.15, -0.1) is 0 Å². The molecule has 1 saturated heterocycles. The first-order valence-electron chi connectivity index (χ1n) is 6.94. The molecule has 1 heterocycles. The topological polar surface area (TPSA) is 32.5 Å². The molecule has 0 aliphatic carbocycles. The van der Waals surface area contributed by atoms with Gasteiger partial charge in [0.1, 0.15) is 5.82 Å². The summed E-state index contributed by atoms with van der Waals surface area (Å²) in [5.74, 6) is -0.189. The Kier molecular flexibility index (Phi) is 4.55. The number of rotatable bonds is 3.